The van der Waals surface area contributed by atoms with Gasteiger partial charge in [0.15, 0.2) is 9.84 Å². The molecule has 132 valence electrons. The van der Waals surface area contributed by atoms with Gasteiger partial charge in [-0.15, -0.1) is 0 Å². The van der Waals surface area contributed by atoms with Crippen LogP contribution in [-0.2, 0) is 14.6 Å². The Bertz CT molecular complexity index is 563. The summed E-state index contributed by atoms with van der Waals surface area (Å²) in [5.74, 6) is 2.14. The molecule has 0 saturated heterocycles. The van der Waals surface area contributed by atoms with Crippen molar-refractivity contribution in [2.45, 2.75) is 72.1 Å². The lowest BCUT2D eigenvalue weighted by Gasteiger charge is -2.45. The fraction of sp³-hybridized carbons (Fsp3) is 0.947. The van der Waals surface area contributed by atoms with Crippen molar-refractivity contribution in [2.24, 2.45) is 28.6 Å². The van der Waals surface area contributed by atoms with E-state index in [9.17, 15) is 13.2 Å². The van der Waals surface area contributed by atoms with Crippen LogP contribution in [0.2, 0.25) is 0 Å². The Labute approximate surface area is 141 Å². The predicted molar refractivity (Wildman–Crippen MR) is 93.0 cm³/mol. The molecule has 0 aromatic rings. The molecule has 3 nitrogen and oxygen atoms in total. The molecule has 0 radical (unpaired) electrons. The quantitative estimate of drug-likeness (QED) is 0.760. The van der Waals surface area contributed by atoms with Crippen molar-refractivity contribution >= 4 is 15.6 Å². The van der Waals surface area contributed by atoms with Gasteiger partial charge in [-0.25, -0.2) is 8.42 Å². The molecule has 0 aromatic heterocycles. The fourth-order valence-electron chi connectivity index (χ4n) is 5.36. The predicted octanol–water partition coefficient (Wildman–Crippen LogP) is 4.01. The highest BCUT2D eigenvalue weighted by atomic mass is 32.2. The standard InChI is InChI=1S/C19H32O3S/c1-14(2)12-23(21,22)13-19(16-4-5-16)10-8-18(9-11-19)7-6-15(3)17(18)20/h14-16H,4-13H2,1-3H3. The van der Waals surface area contributed by atoms with Gasteiger partial charge in [-0.2, -0.15) is 0 Å². The molecule has 0 amide bonds. The van der Waals surface area contributed by atoms with Crippen molar-refractivity contribution in [3.05, 3.63) is 0 Å². The monoisotopic (exact) mass is 340 g/mol. The third kappa shape index (κ3) is 3.38. The second kappa shape index (κ2) is 5.86. The van der Waals surface area contributed by atoms with Crippen molar-refractivity contribution in [1.29, 1.82) is 0 Å². The van der Waals surface area contributed by atoms with Gasteiger partial charge < -0.3 is 0 Å². The Morgan fingerprint density at radius 1 is 1.04 bits per heavy atom. The molecule has 0 aliphatic heterocycles. The van der Waals surface area contributed by atoms with E-state index in [2.05, 4.69) is 6.92 Å². The lowest BCUT2D eigenvalue weighted by atomic mass is 9.61. The molecule has 3 saturated carbocycles. The van der Waals surface area contributed by atoms with Crippen LogP contribution in [0.4, 0.5) is 0 Å². The van der Waals surface area contributed by atoms with Gasteiger partial charge in [0.1, 0.15) is 5.78 Å². The zero-order valence-electron chi connectivity index (χ0n) is 14.9. The van der Waals surface area contributed by atoms with Crippen LogP contribution >= 0.6 is 0 Å². The van der Waals surface area contributed by atoms with Crippen molar-refractivity contribution in [3.63, 3.8) is 0 Å². The van der Waals surface area contributed by atoms with Crippen LogP contribution in [0.3, 0.4) is 0 Å². The average molecular weight is 341 g/mol. The molecule has 3 aliphatic rings. The maximum Gasteiger partial charge on any atom is 0.151 e. The summed E-state index contributed by atoms with van der Waals surface area (Å²) < 4.78 is 25.2. The minimum Gasteiger partial charge on any atom is -0.299 e. The first-order chi connectivity index (χ1) is 10.7. The summed E-state index contributed by atoms with van der Waals surface area (Å²) in [6.07, 6.45) is 8.21. The van der Waals surface area contributed by atoms with Gasteiger partial charge >= 0.3 is 0 Å². The largest absolute Gasteiger partial charge is 0.299 e. The Morgan fingerprint density at radius 3 is 2.09 bits per heavy atom. The summed E-state index contributed by atoms with van der Waals surface area (Å²) in [4.78, 5) is 12.6. The van der Waals surface area contributed by atoms with E-state index >= 15 is 0 Å². The van der Waals surface area contributed by atoms with E-state index in [1.165, 1.54) is 12.8 Å². The summed E-state index contributed by atoms with van der Waals surface area (Å²) in [6.45, 7) is 6.03. The van der Waals surface area contributed by atoms with E-state index in [-0.39, 0.29) is 22.7 Å². The molecular weight excluding hydrogens is 308 g/mol. The lowest BCUT2D eigenvalue weighted by Crippen LogP contribution is -2.43. The first-order valence-electron chi connectivity index (χ1n) is 9.43. The van der Waals surface area contributed by atoms with Crippen LogP contribution in [0.5, 0.6) is 0 Å². The Kier molecular flexibility index (Phi) is 4.44. The number of rotatable bonds is 5. The number of Topliss-reactive ketones (excluding diaryl/α,β-unsaturated/α-hetero) is 1. The maximum atomic E-state index is 12.6. The highest BCUT2D eigenvalue weighted by molar-refractivity contribution is 7.91. The van der Waals surface area contributed by atoms with Gasteiger partial charge in [0.25, 0.3) is 0 Å². The number of sulfone groups is 1. The zero-order chi connectivity index (χ0) is 16.9. The first-order valence-corrected chi connectivity index (χ1v) is 11.2. The normalized spacial score (nSPS) is 38.6. The minimum absolute atomic E-state index is 0.0227. The fourth-order valence-corrected chi connectivity index (χ4v) is 7.90. The van der Waals surface area contributed by atoms with E-state index in [1.54, 1.807) is 0 Å². The molecule has 0 N–H and O–H groups in total. The molecule has 0 aromatic carbocycles. The number of carbonyl (C=O) groups excluding carboxylic acids is 1. The third-order valence-electron chi connectivity index (χ3n) is 6.77. The van der Waals surface area contributed by atoms with E-state index in [1.807, 2.05) is 13.8 Å². The van der Waals surface area contributed by atoms with Crippen LogP contribution in [0, 0.1) is 28.6 Å². The summed E-state index contributed by atoms with van der Waals surface area (Å²) in [5.41, 5.74) is -0.120. The first kappa shape index (κ1) is 17.4. The Hall–Kier alpha value is -0.380. The lowest BCUT2D eigenvalue weighted by molar-refractivity contribution is -0.131. The summed E-state index contributed by atoms with van der Waals surface area (Å²) in [6, 6.07) is 0. The van der Waals surface area contributed by atoms with Crippen molar-refractivity contribution in [2.75, 3.05) is 11.5 Å². The molecule has 1 spiro atoms. The number of hydrogen-bond donors (Lipinski definition) is 0. The topological polar surface area (TPSA) is 51.2 Å². The molecular formula is C19H32O3S. The van der Waals surface area contributed by atoms with Gasteiger partial charge in [-0.1, -0.05) is 20.8 Å². The maximum absolute atomic E-state index is 12.6. The minimum atomic E-state index is -2.99. The van der Waals surface area contributed by atoms with Crippen LogP contribution in [0.1, 0.15) is 72.1 Å². The summed E-state index contributed by atoms with van der Waals surface area (Å²) in [5, 5.41) is 0. The molecule has 0 bridgehead atoms. The van der Waals surface area contributed by atoms with Crippen molar-refractivity contribution in [1.82, 2.24) is 0 Å². The molecule has 0 heterocycles. The second-order valence-corrected chi connectivity index (χ2v) is 11.3. The van der Waals surface area contributed by atoms with Crippen LogP contribution in [-0.4, -0.2) is 25.7 Å². The van der Waals surface area contributed by atoms with Crippen LogP contribution in [0.25, 0.3) is 0 Å². The van der Waals surface area contributed by atoms with Gasteiger partial charge in [0.2, 0.25) is 0 Å². The van der Waals surface area contributed by atoms with Crippen LogP contribution in [0.15, 0.2) is 0 Å². The van der Waals surface area contributed by atoms with E-state index in [4.69, 9.17) is 0 Å². The number of carbonyl (C=O) groups is 1. The third-order valence-corrected chi connectivity index (χ3v) is 8.96. The van der Waals surface area contributed by atoms with Gasteiger partial charge in [-0.3, -0.25) is 4.79 Å². The zero-order valence-corrected chi connectivity index (χ0v) is 15.8. The van der Waals surface area contributed by atoms with E-state index < -0.39 is 9.84 Å². The number of ketones is 1. The average Bonchev–Trinajstić information content (AvgIpc) is 3.25. The molecule has 1 unspecified atom stereocenters. The van der Waals surface area contributed by atoms with E-state index in [0.717, 1.165) is 38.5 Å². The van der Waals surface area contributed by atoms with Gasteiger partial charge in [-0.05, 0) is 68.6 Å². The van der Waals surface area contributed by atoms with Gasteiger partial charge in [0, 0.05) is 11.3 Å². The Morgan fingerprint density at radius 2 is 1.65 bits per heavy atom. The van der Waals surface area contributed by atoms with Crippen molar-refractivity contribution < 1.29 is 13.2 Å². The molecule has 3 fully saturated rings. The molecule has 3 aliphatic carbocycles. The molecule has 3 rings (SSSR count). The van der Waals surface area contributed by atoms with Gasteiger partial charge in [0.05, 0.1) is 11.5 Å². The van der Waals surface area contributed by atoms with Crippen LogP contribution < -0.4 is 0 Å². The Balaban J connectivity index is 1.74. The molecule has 23 heavy (non-hydrogen) atoms. The molecule has 1 atom stereocenters. The highest BCUT2D eigenvalue weighted by Crippen LogP contribution is 2.60. The summed E-state index contributed by atoms with van der Waals surface area (Å²) >= 11 is 0. The molecule has 4 heteroatoms. The van der Waals surface area contributed by atoms with E-state index in [0.29, 0.717) is 23.2 Å². The smallest absolute Gasteiger partial charge is 0.151 e. The summed E-state index contributed by atoms with van der Waals surface area (Å²) in [7, 11) is -2.99. The SMILES string of the molecule is CC(C)CS(=O)(=O)CC1(C2CC2)CCC2(CCC(C)C2=O)CC1. The second-order valence-electron chi connectivity index (χ2n) is 9.17. The highest BCUT2D eigenvalue weighted by Gasteiger charge is 2.55. The van der Waals surface area contributed by atoms with Crippen molar-refractivity contribution in [3.8, 4) is 0 Å². The number of hydrogen-bond acceptors (Lipinski definition) is 3.